The molecule has 3 nitrogen and oxygen atoms in total. The zero-order valence-electron chi connectivity index (χ0n) is 14.7. The molecule has 1 aliphatic heterocycles. The second-order valence-corrected chi connectivity index (χ2v) is 8.73. The molecule has 1 spiro atoms. The fraction of sp³-hybridized carbons (Fsp3) is 0.600. The summed E-state index contributed by atoms with van der Waals surface area (Å²) in [4.78, 5) is 27.2. The van der Waals surface area contributed by atoms with E-state index in [9.17, 15) is 9.59 Å². The average molecular weight is 313 g/mol. The van der Waals surface area contributed by atoms with E-state index in [2.05, 4.69) is 27.7 Å². The van der Waals surface area contributed by atoms with Gasteiger partial charge in [0.05, 0.1) is 0 Å². The van der Waals surface area contributed by atoms with Gasteiger partial charge in [-0.15, -0.1) is 0 Å². The predicted octanol–water partition coefficient (Wildman–Crippen LogP) is 4.08. The van der Waals surface area contributed by atoms with E-state index in [4.69, 9.17) is 0 Å². The second-order valence-electron chi connectivity index (χ2n) is 8.73. The molecule has 23 heavy (non-hydrogen) atoms. The molecular formula is C20H27NO2. The van der Waals surface area contributed by atoms with Crippen LogP contribution in [0.15, 0.2) is 30.3 Å². The van der Waals surface area contributed by atoms with E-state index in [1.54, 1.807) is 0 Å². The summed E-state index contributed by atoms with van der Waals surface area (Å²) in [6.07, 6.45) is 3.43. The molecule has 1 amide bonds. The van der Waals surface area contributed by atoms with Crippen LogP contribution in [-0.4, -0.2) is 28.7 Å². The summed E-state index contributed by atoms with van der Waals surface area (Å²) >= 11 is 0. The molecule has 1 aliphatic carbocycles. The van der Waals surface area contributed by atoms with Crippen molar-refractivity contribution < 1.29 is 9.59 Å². The third-order valence-corrected chi connectivity index (χ3v) is 5.75. The quantitative estimate of drug-likeness (QED) is 0.783. The molecule has 0 radical (unpaired) electrons. The molecule has 2 fully saturated rings. The Labute approximate surface area is 139 Å². The lowest BCUT2D eigenvalue weighted by Crippen LogP contribution is -2.43. The lowest BCUT2D eigenvalue weighted by molar-refractivity contribution is -0.133. The van der Waals surface area contributed by atoms with E-state index in [-0.39, 0.29) is 22.3 Å². The van der Waals surface area contributed by atoms with Gasteiger partial charge in [-0.2, -0.15) is 0 Å². The molecule has 1 saturated heterocycles. The Balaban J connectivity index is 1.87. The molecule has 124 valence electrons. The van der Waals surface area contributed by atoms with Crippen molar-refractivity contribution in [1.29, 1.82) is 0 Å². The second kappa shape index (κ2) is 5.19. The van der Waals surface area contributed by atoms with Crippen molar-refractivity contribution in [3.63, 3.8) is 0 Å². The smallest absolute Gasteiger partial charge is 0.254 e. The molecule has 3 heteroatoms. The van der Waals surface area contributed by atoms with Gasteiger partial charge in [-0.1, -0.05) is 32.0 Å². The summed E-state index contributed by atoms with van der Waals surface area (Å²) in [6, 6.07) is 9.53. The summed E-state index contributed by atoms with van der Waals surface area (Å²) in [5.41, 5.74) is 0.415. The number of benzene rings is 1. The van der Waals surface area contributed by atoms with Gasteiger partial charge in [0, 0.05) is 29.5 Å². The minimum absolute atomic E-state index is 0.0886. The van der Waals surface area contributed by atoms with Gasteiger partial charge in [-0.3, -0.25) is 9.59 Å². The average Bonchev–Trinajstić information content (AvgIpc) is 2.74. The first-order valence-electron chi connectivity index (χ1n) is 8.56. The Morgan fingerprint density at radius 3 is 2.30 bits per heavy atom. The van der Waals surface area contributed by atoms with Crippen molar-refractivity contribution >= 4 is 11.7 Å². The van der Waals surface area contributed by atoms with Gasteiger partial charge in [0.15, 0.2) is 0 Å². The third kappa shape index (κ3) is 2.82. The van der Waals surface area contributed by atoms with Gasteiger partial charge in [0.25, 0.3) is 5.91 Å². The lowest BCUT2D eigenvalue weighted by Gasteiger charge is -2.41. The van der Waals surface area contributed by atoms with Crippen LogP contribution < -0.4 is 0 Å². The first-order chi connectivity index (χ1) is 10.7. The number of ketones is 1. The molecular weight excluding hydrogens is 286 g/mol. The van der Waals surface area contributed by atoms with Crippen molar-refractivity contribution in [2.24, 2.45) is 10.8 Å². The number of carbonyl (C=O) groups excluding carboxylic acids is 2. The topological polar surface area (TPSA) is 37.4 Å². The van der Waals surface area contributed by atoms with Crippen molar-refractivity contribution in [1.82, 2.24) is 4.90 Å². The summed E-state index contributed by atoms with van der Waals surface area (Å²) in [7, 11) is 0. The Morgan fingerprint density at radius 2 is 1.70 bits per heavy atom. The van der Waals surface area contributed by atoms with E-state index in [0.29, 0.717) is 12.2 Å². The standard InChI is InChI=1S/C20H27NO2/c1-18(2)12-20(11-10-16(18)22)13-19(3,4)21(14-20)17(23)15-8-6-5-7-9-15/h5-9H,10-14H2,1-4H3. The minimum atomic E-state index is -0.264. The molecule has 1 aromatic rings. The molecule has 1 heterocycles. The highest BCUT2D eigenvalue weighted by molar-refractivity contribution is 5.95. The number of amides is 1. The fourth-order valence-corrected chi connectivity index (χ4v) is 4.83. The molecule has 0 N–H and O–H groups in total. The van der Waals surface area contributed by atoms with Gasteiger partial charge in [-0.05, 0) is 50.7 Å². The number of likely N-dealkylation sites (tertiary alicyclic amines) is 1. The van der Waals surface area contributed by atoms with Crippen LogP contribution in [-0.2, 0) is 4.79 Å². The summed E-state index contributed by atoms with van der Waals surface area (Å²) < 4.78 is 0. The number of Topliss-reactive ketones (excluding diaryl/α,β-unsaturated/α-hetero) is 1. The molecule has 1 atom stereocenters. The number of nitrogens with zero attached hydrogens (tertiary/aromatic N) is 1. The first kappa shape index (κ1) is 16.2. The van der Waals surface area contributed by atoms with Crippen LogP contribution in [0.2, 0.25) is 0 Å². The maximum absolute atomic E-state index is 13.0. The van der Waals surface area contributed by atoms with Gasteiger partial charge < -0.3 is 4.90 Å². The molecule has 0 aromatic heterocycles. The van der Waals surface area contributed by atoms with Gasteiger partial charge in [0.1, 0.15) is 5.78 Å². The highest BCUT2D eigenvalue weighted by Gasteiger charge is 2.54. The van der Waals surface area contributed by atoms with E-state index in [1.165, 1.54) is 0 Å². The zero-order chi connectivity index (χ0) is 16.9. The first-order valence-corrected chi connectivity index (χ1v) is 8.56. The van der Waals surface area contributed by atoms with Crippen molar-refractivity contribution in [2.75, 3.05) is 6.54 Å². The fourth-order valence-electron chi connectivity index (χ4n) is 4.83. The largest absolute Gasteiger partial charge is 0.333 e. The molecule has 3 rings (SSSR count). The van der Waals surface area contributed by atoms with Gasteiger partial charge >= 0.3 is 0 Å². The summed E-state index contributed by atoms with van der Waals surface area (Å²) in [5.74, 6) is 0.482. The zero-order valence-corrected chi connectivity index (χ0v) is 14.7. The maximum atomic E-state index is 13.0. The Morgan fingerprint density at radius 1 is 1.04 bits per heavy atom. The SMILES string of the molecule is CC1(C)CC2(CCC1=O)CN(C(=O)c1ccccc1)C(C)(C)C2. The van der Waals surface area contributed by atoms with E-state index < -0.39 is 0 Å². The normalized spacial score (nSPS) is 29.0. The summed E-state index contributed by atoms with van der Waals surface area (Å²) in [5, 5.41) is 0. The molecule has 1 aromatic carbocycles. The van der Waals surface area contributed by atoms with Crippen LogP contribution in [0.5, 0.6) is 0 Å². The maximum Gasteiger partial charge on any atom is 0.254 e. The highest BCUT2D eigenvalue weighted by Crippen LogP contribution is 2.54. The van der Waals surface area contributed by atoms with Crippen LogP contribution in [0.1, 0.15) is 63.7 Å². The number of hydrogen-bond acceptors (Lipinski definition) is 2. The number of hydrogen-bond donors (Lipinski definition) is 0. The molecule has 1 unspecified atom stereocenters. The third-order valence-electron chi connectivity index (χ3n) is 5.75. The van der Waals surface area contributed by atoms with Crippen LogP contribution in [0.4, 0.5) is 0 Å². The predicted molar refractivity (Wildman–Crippen MR) is 91.2 cm³/mol. The lowest BCUT2D eigenvalue weighted by atomic mass is 9.61. The van der Waals surface area contributed by atoms with Gasteiger partial charge in [-0.25, -0.2) is 0 Å². The van der Waals surface area contributed by atoms with Crippen LogP contribution in [0.25, 0.3) is 0 Å². The van der Waals surface area contributed by atoms with Crippen LogP contribution in [0.3, 0.4) is 0 Å². The van der Waals surface area contributed by atoms with Crippen LogP contribution in [0, 0.1) is 10.8 Å². The van der Waals surface area contributed by atoms with E-state index >= 15 is 0 Å². The van der Waals surface area contributed by atoms with Crippen molar-refractivity contribution in [2.45, 2.75) is 58.9 Å². The van der Waals surface area contributed by atoms with Crippen molar-refractivity contribution in [3.8, 4) is 0 Å². The van der Waals surface area contributed by atoms with E-state index in [1.807, 2.05) is 35.2 Å². The Bertz CT molecular complexity index is 632. The van der Waals surface area contributed by atoms with Crippen LogP contribution >= 0.6 is 0 Å². The number of rotatable bonds is 1. The number of carbonyl (C=O) groups is 2. The minimum Gasteiger partial charge on any atom is -0.333 e. The molecule has 0 bridgehead atoms. The highest BCUT2D eigenvalue weighted by atomic mass is 16.2. The Hall–Kier alpha value is -1.64. The Kier molecular flexibility index (Phi) is 3.66. The van der Waals surface area contributed by atoms with Gasteiger partial charge in [0.2, 0.25) is 0 Å². The van der Waals surface area contributed by atoms with E-state index in [0.717, 1.165) is 31.4 Å². The molecule has 2 aliphatic rings. The summed E-state index contributed by atoms with van der Waals surface area (Å²) in [6.45, 7) is 9.21. The molecule has 1 saturated carbocycles. The van der Waals surface area contributed by atoms with Crippen molar-refractivity contribution in [3.05, 3.63) is 35.9 Å². The monoisotopic (exact) mass is 313 g/mol.